The molecule has 1 fully saturated rings. The molecule has 0 unspecified atom stereocenters. The number of hydrogen-bond donors (Lipinski definition) is 0. The first-order valence-corrected chi connectivity index (χ1v) is 9.79. The van der Waals surface area contributed by atoms with Gasteiger partial charge in [0.15, 0.2) is 0 Å². The van der Waals surface area contributed by atoms with Crippen molar-refractivity contribution in [1.82, 2.24) is 19.6 Å². The van der Waals surface area contributed by atoms with Gasteiger partial charge in [0, 0.05) is 43.2 Å². The zero-order chi connectivity index (χ0) is 18.8. The van der Waals surface area contributed by atoms with Gasteiger partial charge in [0.25, 0.3) is 0 Å². The van der Waals surface area contributed by atoms with Crippen LogP contribution in [0.5, 0.6) is 0 Å². The maximum atomic E-state index is 13.0. The van der Waals surface area contributed by atoms with E-state index in [9.17, 15) is 9.18 Å². The van der Waals surface area contributed by atoms with Crippen LogP contribution in [0, 0.1) is 5.82 Å². The van der Waals surface area contributed by atoms with Crippen molar-refractivity contribution in [3.05, 3.63) is 62.0 Å². The Morgan fingerprint density at radius 2 is 1.78 bits per heavy atom. The molecule has 1 aromatic carbocycles. The van der Waals surface area contributed by atoms with Gasteiger partial charge in [-0.25, -0.2) is 9.18 Å². The van der Waals surface area contributed by atoms with Gasteiger partial charge in [-0.15, -0.1) is 16.4 Å². The summed E-state index contributed by atoms with van der Waals surface area (Å²) in [6.45, 7) is 4.76. The van der Waals surface area contributed by atoms with Crippen molar-refractivity contribution in [3.8, 4) is 11.5 Å². The zero-order valence-corrected chi connectivity index (χ0v) is 16.0. The van der Waals surface area contributed by atoms with Gasteiger partial charge < -0.3 is 4.42 Å². The molecule has 2 aromatic heterocycles. The van der Waals surface area contributed by atoms with Crippen LogP contribution >= 0.6 is 22.9 Å². The van der Waals surface area contributed by atoms with E-state index in [0.29, 0.717) is 12.2 Å². The Morgan fingerprint density at radius 3 is 2.44 bits per heavy atom. The fourth-order valence-electron chi connectivity index (χ4n) is 3.04. The lowest BCUT2D eigenvalue weighted by Crippen LogP contribution is -2.47. The Kier molecular flexibility index (Phi) is 5.40. The monoisotopic (exact) mass is 408 g/mol. The second-order valence-corrected chi connectivity index (χ2v) is 8.22. The second kappa shape index (κ2) is 7.93. The standard InChI is InChI=1S/C18H18ClFN4O2S/c19-16-6-5-15(27-16)11-22-7-9-23(10-8-22)12-24-18(25)26-17(21-24)13-1-3-14(20)4-2-13/h1-6H,7-12H2. The summed E-state index contributed by atoms with van der Waals surface area (Å²) in [4.78, 5) is 17.9. The summed E-state index contributed by atoms with van der Waals surface area (Å²) in [7, 11) is 0. The molecular weight excluding hydrogens is 391 g/mol. The highest BCUT2D eigenvalue weighted by atomic mass is 35.5. The summed E-state index contributed by atoms with van der Waals surface area (Å²) >= 11 is 7.59. The molecule has 4 rings (SSSR count). The van der Waals surface area contributed by atoms with Gasteiger partial charge in [-0.1, -0.05) is 11.6 Å². The van der Waals surface area contributed by atoms with E-state index in [4.69, 9.17) is 16.0 Å². The van der Waals surface area contributed by atoms with Crippen molar-refractivity contribution in [3.63, 3.8) is 0 Å². The molecule has 1 aliphatic rings. The van der Waals surface area contributed by atoms with E-state index in [2.05, 4.69) is 21.0 Å². The third-order valence-electron chi connectivity index (χ3n) is 4.50. The van der Waals surface area contributed by atoms with Crippen molar-refractivity contribution >= 4 is 22.9 Å². The van der Waals surface area contributed by atoms with Crippen molar-refractivity contribution < 1.29 is 8.81 Å². The average molecular weight is 409 g/mol. The topological polar surface area (TPSA) is 54.5 Å². The number of piperazine rings is 1. The third kappa shape index (κ3) is 4.47. The minimum absolute atomic E-state index is 0.202. The molecule has 142 valence electrons. The van der Waals surface area contributed by atoms with Gasteiger partial charge in [-0.2, -0.15) is 4.68 Å². The maximum Gasteiger partial charge on any atom is 0.438 e. The molecule has 0 aliphatic carbocycles. The van der Waals surface area contributed by atoms with Gasteiger partial charge in [0.2, 0.25) is 5.89 Å². The fourth-order valence-corrected chi connectivity index (χ4v) is 4.17. The molecular formula is C18H18ClFN4O2S. The fraction of sp³-hybridized carbons (Fsp3) is 0.333. The summed E-state index contributed by atoms with van der Waals surface area (Å²) < 4.78 is 20.4. The van der Waals surface area contributed by atoms with Crippen molar-refractivity contribution in [1.29, 1.82) is 0 Å². The van der Waals surface area contributed by atoms with Gasteiger partial charge in [-0.05, 0) is 36.4 Å². The summed E-state index contributed by atoms with van der Waals surface area (Å²) in [6.07, 6.45) is 0. The molecule has 3 aromatic rings. The first kappa shape index (κ1) is 18.4. The van der Waals surface area contributed by atoms with Gasteiger partial charge in [0.05, 0.1) is 4.34 Å². The number of rotatable bonds is 5. The Labute approximate surface area is 164 Å². The smallest absolute Gasteiger partial charge is 0.388 e. The van der Waals surface area contributed by atoms with Crippen molar-refractivity contribution in [2.24, 2.45) is 0 Å². The molecule has 0 N–H and O–H groups in total. The molecule has 0 saturated carbocycles. The summed E-state index contributed by atoms with van der Waals surface area (Å²) in [5.41, 5.74) is 0.576. The van der Waals surface area contributed by atoms with E-state index in [-0.39, 0.29) is 11.7 Å². The highest BCUT2D eigenvalue weighted by Gasteiger charge is 2.20. The number of benzene rings is 1. The molecule has 1 aliphatic heterocycles. The molecule has 27 heavy (non-hydrogen) atoms. The van der Waals surface area contributed by atoms with Crippen LogP contribution in [-0.4, -0.2) is 45.8 Å². The largest absolute Gasteiger partial charge is 0.438 e. The van der Waals surface area contributed by atoms with E-state index >= 15 is 0 Å². The van der Waals surface area contributed by atoms with Crippen LogP contribution in [-0.2, 0) is 13.2 Å². The van der Waals surface area contributed by atoms with Crippen LogP contribution in [0.3, 0.4) is 0 Å². The number of aromatic nitrogens is 2. The van der Waals surface area contributed by atoms with Crippen LogP contribution in [0.4, 0.5) is 4.39 Å². The normalized spacial score (nSPS) is 16.1. The lowest BCUT2D eigenvalue weighted by molar-refractivity contribution is 0.0970. The molecule has 0 atom stereocenters. The predicted molar refractivity (Wildman–Crippen MR) is 102 cm³/mol. The van der Waals surface area contributed by atoms with Crippen LogP contribution in [0.1, 0.15) is 4.88 Å². The Hall–Kier alpha value is -2.00. The third-order valence-corrected chi connectivity index (χ3v) is 5.72. The molecule has 0 bridgehead atoms. The molecule has 1 saturated heterocycles. The quantitative estimate of drug-likeness (QED) is 0.649. The first-order chi connectivity index (χ1) is 13.1. The van der Waals surface area contributed by atoms with Gasteiger partial charge >= 0.3 is 5.76 Å². The summed E-state index contributed by atoms with van der Waals surface area (Å²) in [6, 6.07) is 9.70. The Morgan fingerprint density at radius 1 is 1.07 bits per heavy atom. The van der Waals surface area contributed by atoms with Crippen molar-refractivity contribution in [2.45, 2.75) is 13.2 Å². The van der Waals surface area contributed by atoms with Crippen molar-refractivity contribution in [2.75, 3.05) is 26.2 Å². The number of hydrogen-bond acceptors (Lipinski definition) is 6. The molecule has 0 radical (unpaired) electrons. The van der Waals surface area contributed by atoms with Gasteiger partial charge in [-0.3, -0.25) is 9.80 Å². The minimum Gasteiger partial charge on any atom is -0.388 e. The SMILES string of the molecule is O=c1oc(-c2ccc(F)cc2)nn1CN1CCN(Cc2ccc(Cl)s2)CC1. The van der Waals surface area contributed by atoms with E-state index in [1.165, 1.54) is 21.7 Å². The van der Waals surface area contributed by atoms with Gasteiger partial charge in [0.1, 0.15) is 12.5 Å². The Balaban J connectivity index is 1.35. The van der Waals surface area contributed by atoms with E-state index in [1.807, 2.05) is 6.07 Å². The average Bonchev–Trinajstić information content (AvgIpc) is 3.23. The zero-order valence-electron chi connectivity index (χ0n) is 14.5. The number of halogens is 2. The number of thiophene rings is 1. The molecule has 9 heteroatoms. The number of nitrogens with zero attached hydrogens (tertiary/aromatic N) is 4. The Bertz CT molecular complexity index is 960. The van der Waals surface area contributed by atoms with E-state index in [1.54, 1.807) is 23.5 Å². The molecule has 0 amide bonds. The van der Waals surface area contributed by atoms with E-state index in [0.717, 1.165) is 37.1 Å². The highest BCUT2D eigenvalue weighted by Crippen LogP contribution is 2.23. The van der Waals surface area contributed by atoms with Crippen LogP contribution in [0.15, 0.2) is 45.6 Å². The van der Waals surface area contributed by atoms with Crippen LogP contribution in [0.25, 0.3) is 11.5 Å². The maximum absolute atomic E-state index is 13.0. The lowest BCUT2D eigenvalue weighted by Gasteiger charge is -2.33. The van der Waals surface area contributed by atoms with Crippen LogP contribution in [0.2, 0.25) is 4.34 Å². The summed E-state index contributed by atoms with van der Waals surface area (Å²) in [5.74, 6) is -0.651. The summed E-state index contributed by atoms with van der Waals surface area (Å²) in [5, 5.41) is 4.24. The molecule has 6 nitrogen and oxygen atoms in total. The van der Waals surface area contributed by atoms with Crippen LogP contribution < -0.4 is 5.76 Å². The molecule has 0 spiro atoms. The lowest BCUT2D eigenvalue weighted by atomic mass is 10.2. The van der Waals surface area contributed by atoms with E-state index < -0.39 is 5.76 Å². The predicted octanol–water partition coefficient (Wildman–Crippen LogP) is 3.13. The first-order valence-electron chi connectivity index (χ1n) is 8.59. The minimum atomic E-state index is -0.509. The highest BCUT2D eigenvalue weighted by molar-refractivity contribution is 7.16. The molecule has 3 heterocycles. The second-order valence-electron chi connectivity index (χ2n) is 6.42.